The summed E-state index contributed by atoms with van der Waals surface area (Å²) in [4.78, 5) is 17.1. The van der Waals surface area contributed by atoms with Crippen LogP contribution in [0.2, 0.25) is 18.1 Å². The maximum absolute atomic E-state index is 13.6. The van der Waals surface area contributed by atoms with Crippen molar-refractivity contribution >= 4 is 24.3 Å². The van der Waals surface area contributed by atoms with Gasteiger partial charge in [0, 0.05) is 18.8 Å². The summed E-state index contributed by atoms with van der Waals surface area (Å²) < 4.78 is 46.0. The molecule has 10 heteroatoms. The van der Waals surface area contributed by atoms with E-state index >= 15 is 0 Å². The third-order valence-electron chi connectivity index (χ3n) is 6.73. The standard InChI is InChI=1S/C26H46N2O6SSi/c1-20-15-16-22(35(30,31)28-17-13-14-21(28)24(29)34-25(2,3)4)23(27-20)32-18-11-10-12-19-33-36(8,9)26(5,6)7/h15-16,21H,10-14,17-19H2,1-9H3/t21-/m0/s1. The van der Waals surface area contributed by atoms with E-state index in [1.54, 1.807) is 33.8 Å². The Morgan fingerprint density at radius 1 is 1.08 bits per heavy atom. The number of ether oxygens (including phenoxy) is 2. The second-order valence-corrected chi connectivity index (χ2v) is 18.7. The van der Waals surface area contributed by atoms with Gasteiger partial charge in [-0.1, -0.05) is 20.8 Å². The second kappa shape index (κ2) is 11.9. The van der Waals surface area contributed by atoms with Crippen molar-refractivity contribution in [3.8, 4) is 5.88 Å². The molecule has 1 atom stereocenters. The summed E-state index contributed by atoms with van der Waals surface area (Å²) in [5, 5.41) is 0.187. The molecular weight excluding hydrogens is 496 g/mol. The molecule has 0 bridgehead atoms. The van der Waals surface area contributed by atoms with Gasteiger partial charge in [0.1, 0.15) is 16.5 Å². The van der Waals surface area contributed by atoms with Gasteiger partial charge in [0.25, 0.3) is 0 Å². The van der Waals surface area contributed by atoms with Gasteiger partial charge in [0.2, 0.25) is 15.9 Å². The van der Waals surface area contributed by atoms with Crippen LogP contribution in [0.25, 0.3) is 0 Å². The van der Waals surface area contributed by atoms with Crippen molar-refractivity contribution in [2.24, 2.45) is 0 Å². The summed E-state index contributed by atoms with van der Waals surface area (Å²) >= 11 is 0. The lowest BCUT2D eigenvalue weighted by Gasteiger charge is -2.36. The number of rotatable bonds is 11. The van der Waals surface area contributed by atoms with Crippen LogP contribution in [0.3, 0.4) is 0 Å². The van der Waals surface area contributed by atoms with Crippen LogP contribution in [0.5, 0.6) is 5.88 Å². The maximum Gasteiger partial charge on any atom is 0.324 e. The highest BCUT2D eigenvalue weighted by molar-refractivity contribution is 7.89. The second-order valence-electron chi connectivity index (χ2n) is 12.1. The van der Waals surface area contributed by atoms with Gasteiger partial charge in [-0.15, -0.1) is 0 Å². The predicted octanol–water partition coefficient (Wildman–Crippen LogP) is 5.46. The van der Waals surface area contributed by atoms with E-state index < -0.39 is 36.0 Å². The summed E-state index contributed by atoms with van der Waals surface area (Å²) in [5.74, 6) is -0.437. The predicted molar refractivity (Wildman–Crippen MR) is 144 cm³/mol. The van der Waals surface area contributed by atoms with Crippen molar-refractivity contribution in [1.29, 1.82) is 0 Å². The van der Waals surface area contributed by atoms with E-state index in [2.05, 4.69) is 38.8 Å². The number of carbonyl (C=O) groups excluding carboxylic acids is 1. The van der Waals surface area contributed by atoms with E-state index in [1.165, 1.54) is 10.4 Å². The van der Waals surface area contributed by atoms with Crippen LogP contribution in [-0.4, -0.2) is 63.4 Å². The number of hydrogen-bond donors (Lipinski definition) is 0. The van der Waals surface area contributed by atoms with Crippen LogP contribution in [-0.2, 0) is 24.0 Å². The smallest absolute Gasteiger partial charge is 0.324 e. The van der Waals surface area contributed by atoms with E-state index in [9.17, 15) is 13.2 Å². The minimum atomic E-state index is -3.99. The van der Waals surface area contributed by atoms with Crippen molar-refractivity contribution in [2.45, 2.75) is 115 Å². The van der Waals surface area contributed by atoms with E-state index in [0.29, 0.717) is 25.1 Å². The number of hydrogen-bond acceptors (Lipinski definition) is 7. The molecule has 0 saturated carbocycles. The highest BCUT2D eigenvalue weighted by atomic mass is 32.2. The molecule has 2 rings (SSSR count). The molecule has 206 valence electrons. The fourth-order valence-electron chi connectivity index (χ4n) is 3.67. The van der Waals surface area contributed by atoms with E-state index in [-0.39, 0.29) is 22.4 Å². The molecule has 1 fully saturated rings. The molecule has 0 N–H and O–H groups in total. The molecule has 2 heterocycles. The van der Waals surface area contributed by atoms with Crippen molar-refractivity contribution in [2.75, 3.05) is 19.8 Å². The van der Waals surface area contributed by atoms with Gasteiger partial charge in [-0.05, 0) is 90.1 Å². The highest BCUT2D eigenvalue weighted by Crippen LogP contribution is 2.36. The third-order valence-corrected chi connectivity index (χ3v) is 13.2. The van der Waals surface area contributed by atoms with Gasteiger partial charge in [-0.2, -0.15) is 4.31 Å². The molecule has 0 amide bonds. The number of aromatic nitrogens is 1. The van der Waals surface area contributed by atoms with Crippen LogP contribution in [0, 0.1) is 6.92 Å². The molecular formula is C26H46N2O6SSi. The topological polar surface area (TPSA) is 95.0 Å². The number of pyridine rings is 1. The van der Waals surface area contributed by atoms with Crippen molar-refractivity contribution in [1.82, 2.24) is 9.29 Å². The Kier molecular flexibility index (Phi) is 10.2. The lowest BCUT2D eigenvalue weighted by molar-refractivity contribution is -0.158. The van der Waals surface area contributed by atoms with E-state index in [1.807, 2.05) is 0 Å². The molecule has 0 aliphatic carbocycles. The average molecular weight is 543 g/mol. The highest BCUT2D eigenvalue weighted by Gasteiger charge is 2.43. The first-order valence-electron chi connectivity index (χ1n) is 12.9. The van der Waals surface area contributed by atoms with Crippen LogP contribution in [0.4, 0.5) is 0 Å². The Hall–Kier alpha value is -1.49. The lowest BCUT2D eigenvalue weighted by Crippen LogP contribution is -2.43. The Bertz CT molecular complexity index is 999. The molecule has 36 heavy (non-hydrogen) atoms. The van der Waals surface area contributed by atoms with Crippen LogP contribution in [0.1, 0.15) is 79.3 Å². The minimum absolute atomic E-state index is 0.00943. The first-order valence-corrected chi connectivity index (χ1v) is 17.3. The first kappa shape index (κ1) is 30.7. The molecule has 1 aromatic heterocycles. The Morgan fingerprint density at radius 2 is 1.72 bits per heavy atom. The molecule has 0 spiro atoms. The van der Waals surface area contributed by atoms with Gasteiger partial charge in [0.05, 0.1) is 6.61 Å². The lowest BCUT2D eigenvalue weighted by atomic mass is 10.2. The molecule has 1 aliphatic heterocycles. The fourth-order valence-corrected chi connectivity index (χ4v) is 6.47. The summed E-state index contributed by atoms with van der Waals surface area (Å²) in [6, 6.07) is 2.32. The zero-order chi connectivity index (χ0) is 27.4. The fraction of sp³-hybridized carbons (Fsp3) is 0.769. The van der Waals surface area contributed by atoms with Gasteiger partial charge in [0.15, 0.2) is 8.32 Å². The maximum atomic E-state index is 13.6. The molecule has 1 saturated heterocycles. The van der Waals surface area contributed by atoms with Gasteiger partial charge < -0.3 is 13.9 Å². The third kappa shape index (κ3) is 8.26. The SMILES string of the molecule is Cc1ccc(S(=O)(=O)N2CCC[C@H]2C(=O)OC(C)(C)C)c(OCCCCCO[Si](C)(C)C(C)(C)C)n1. The Labute approximate surface area is 219 Å². The molecule has 1 aliphatic rings. The minimum Gasteiger partial charge on any atom is -0.477 e. The molecule has 0 unspecified atom stereocenters. The average Bonchev–Trinajstić information content (AvgIpc) is 3.22. The van der Waals surface area contributed by atoms with Gasteiger partial charge in [-0.25, -0.2) is 13.4 Å². The number of aryl methyl sites for hydroxylation is 1. The summed E-state index contributed by atoms with van der Waals surface area (Å²) in [7, 11) is -5.73. The summed E-state index contributed by atoms with van der Waals surface area (Å²) in [6.45, 7) is 19.6. The normalized spacial score (nSPS) is 17.9. The van der Waals surface area contributed by atoms with Gasteiger partial charge >= 0.3 is 5.97 Å². The number of unbranched alkanes of at least 4 members (excludes halogenated alkanes) is 2. The van der Waals surface area contributed by atoms with Crippen LogP contribution >= 0.6 is 0 Å². The molecule has 1 aromatic rings. The number of esters is 1. The quantitative estimate of drug-likeness (QED) is 0.208. The monoisotopic (exact) mass is 542 g/mol. The largest absolute Gasteiger partial charge is 0.477 e. The van der Waals surface area contributed by atoms with Crippen molar-refractivity contribution in [3.05, 3.63) is 17.8 Å². The zero-order valence-corrected chi connectivity index (χ0v) is 25.5. The van der Waals surface area contributed by atoms with E-state index in [4.69, 9.17) is 13.9 Å². The number of nitrogens with zero attached hydrogens (tertiary/aromatic N) is 2. The Morgan fingerprint density at radius 3 is 2.33 bits per heavy atom. The molecule has 0 radical (unpaired) electrons. The van der Waals surface area contributed by atoms with E-state index in [0.717, 1.165) is 25.9 Å². The first-order chi connectivity index (χ1) is 16.5. The summed E-state index contributed by atoms with van der Waals surface area (Å²) in [6.07, 6.45) is 3.62. The molecule has 0 aromatic carbocycles. The van der Waals surface area contributed by atoms with Crippen molar-refractivity contribution < 1.29 is 27.1 Å². The van der Waals surface area contributed by atoms with Crippen LogP contribution in [0.15, 0.2) is 17.0 Å². The van der Waals surface area contributed by atoms with Crippen molar-refractivity contribution in [3.63, 3.8) is 0 Å². The zero-order valence-electron chi connectivity index (χ0n) is 23.6. The number of carbonyl (C=O) groups is 1. The van der Waals surface area contributed by atoms with Crippen LogP contribution < -0.4 is 4.74 Å². The Balaban J connectivity index is 2.01. The summed E-state index contributed by atoms with van der Waals surface area (Å²) in [5.41, 5.74) is -0.0262. The van der Waals surface area contributed by atoms with Gasteiger partial charge in [-0.3, -0.25) is 4.79 Å². The number of sulfonamides is 1. The molecule has 8 nitrogen and oxygen atoms in total.